The highest BCUT2D eigenvalue weighted by atomic mass is 16.5. The van der Waals surface area contributed by atoms with E-state index in [-0.39, 0.29) is 5.91 Å². The van der Waals surface area contributed by atoms with Crippen LogP contribution < -0.4 is 10.1 Å². The molecule has 0 saturated carbocycles. The van der Waals surface area contributed by atoms with Gasteiger partial charge in [-0.1, -0.05) is 18.2 Å². The van der Waals surface area contributed by atoms with Crippen LogP contribution in [0.25, 0.3) is 0 Å². The van der Waals surface area contributed by atoms with Crippen molar-refractivity contribution in [3.63, 3.8) is 0 Å². The van der Waals surface area contributed by atoms with Gasteiger partial charge in [0.2, 0.25) is 0 Å². The molecule has 6 nitrogen and oxygen atoms in total. The van der Waals surface area contributed by atoms with Gasteiger partial charge in [0.15, 0.2) is 0 Å². The van der Waals surface area contributed by atoms with Crippen LogP contribution in [0.1, 0.15) is 36.2 Å². The molecule has 1 amide bonds. The molecule has 29 heavy (non-hydrogen) atoms. The van der Waals surface area contributed by atoms with E-state index >= 15 is 0 Å². The Morgan fingerprint density at radius 3 is 2.66 bits per heavy atom. The number of benzene rings is 1. The smallest absolute Gasteiger partial charge is 0.252 e. The van der Waals surface area contributed by atoms with Gasteiger partial charge in [-0.25, -0.2) is 0 Å². The second kappa shape index (κ2) is 10.4. The first-order valence-corrected chi connectivity index (χ1v) is 10.4. The Morgan fingerprint density at radius 2 is 1.93 bits per heavy atom. The third kappa shape index (κ3) is 6.02. The maximum absolute atomic E-state index is 12.0. The number of hydrogen-bond acceptors (Lipinski definition) is 5. The van der Waals surface area contributed by atoms with Crippen molar-refractivity contribution in [2.24, 2.45) is 0 Å². The van der Waals surface area contributed by atoms with Gasteiger partial charge in [-0.2, -0.15) is 0 Å². The number of pyridine rings is 1. The number of para-hydroxylation sites is 1. The number of ether oxygens (including phenoxy) is 1. The third-order valence-corrected chi connectivity index (χ3v) is 5.59. The summed E-state index contributed by atoms with van der Waals surface area (Å²) < 4.78 is 6.04. The average Bonchev–Trinajstić information content (AvgIpc) is 2.73. The fraction of sp³-hybridized carbons (Fsp3) is 0.478. The van der Waals surface area contributed by atoms with Gasteiger partial charge < -0.3 is 10.1 Å². The van der Waals surface area contributed by atoms with Crippen molar-refractivity contribution >= 4 is 5.91 Å². The largest absolute Gasteiger partial charge is 0.493 e. The molecule has 156 valence electrons. The van der Waals surface area contributed by atoms with Crippen LogP contribution >= 0.6 is 0 Å². The fourth-order valence-corrected chi connectivity index (χ4v) is 3.71. The molecule has 2 unspecified atom stereocenters. The highest BCUT2D eigenvalue weighted by Crippen LogP contribution is 2.22. The Kier molecular flexibility index (Phi) is 7.61. The van der Waals surface area contributed by atoms with Gasteiger partial charge in [0, 0.05) is 56.2 Å². The maximum Gasteiger partial charge on any atom is 0.252 e. The zero-order valence-electron chi connectivity index (χ0n) is 17.7. The van der Waals surface area contributed by atoms with Crippen LogP contribution in [0.5, 0.6) is 5.75 Å². The molecule has 1 aliphatic rings. The highest BCUT2D eigenvalue weighted by molar-refractivity contribution is 5.93. The Bertz CT molecular complexity index is 771. The molecule has 2 aromatic rings. The zero-order chi connectivity index (χ0) is 20.6. The minimum atomic E-state index is -0.100. The quantitative estimate of drug-likeness (QED) is 0.696. The normalized spacial score (nSPS) is 20.4. The van der Waals surface area contributed by atoms with Crippen molar-refractivity contribution < 1.29 is 9.53 Å². The molecule has 0 aliphatic carbocycles. The Hall–Kier alpha value is -2.44. The molecular weight excluding hydrogens is 364 g/mol. The van der Waals surface area contributed by atoms with Crippen molar-refractivity contribution in [2.45, 2.75) is 38.9 Å². The monoisotopic (exact) mass is 396 g/mol. The first-order chi connectivity index (χ1) is 14.0. The van der Waals surface area contributed by atoms with Crippen molar-refractivity contribution in [3.05, 3.63) is 59.9 Å². The predicted octanol–water partition coefficient (Wildman–Crippen LogP) is 2.80. The van der Waals surface area contributed by atoms with E-state index in [2.05, 4.69) is 53.1 Å². The van der Waals surface area contributed by atoms with Crippen LogP contribution in [0.3, 0.4) is 0 Å². The summed E-state index contributed by atoms with van der Waals surface area (Å²) in [4.78, 5) is 20.9. The lowest BCUT2D eigenvalue weighted by atomic mass is 10.1. The summed E-state index contributed by atoms with van der Waals surface area (Å²) >= 11 is 0. The first-order valence-electron chi connectivity index (χ1n) is 10.4. The number of aromatic nitrogens is 1. The second-order valence-electron chi connectivity index (χ2n) is 7.86. The lowest BCUT2D eigenvalue weighted by Crippen LogP contribution is -2.54. The number of nitrogens with one attached hydrogen (secondary N) is 1. The van der Waals surface area contributed by atoms with Gasteiger partial charge in [-0.3, -0.25) is 19.6 Å². The molecule has 1 aliphatic heterocycles. The molecule has 1 aromatic carbocycles. The summed E-state index contributed by atoms with van der Waals surface area (Å²) in [5.41, 5.74) is 1.80. The first kappa shape index (κ1) is 21.3. The molecule has 0 bridgehead atoms. The number of carbonyl (C=O) groups excluding carboxylic acids is 1. The van der Waals surface area contributed by atoms with E-state index in [0.717, 1.165) is 31.8 Å². The van der Waals surface area contributed by atoms with Crippen LogP contribution in [-0.2, 0) is 6.54 Å². The van der Waals surface area contributed by atoms with Gasteiger partial charge >= 0.3 is 0 Å². The van der Waals surface area contributed by atoms with E-state index < -0.39 is 0 Å². The predicted molar refractivity (Wildman–Crippen MR) is 115 cm³/mol. The van der Waals surface area contributed by atoms with E-state index in [1.807, 2.05) is 12.1 Å². The molecule has 0 spiro atoms. The van der Waals surface area contributed by atoms with Gasteiger partial charge in [0.25, 0.3) is 5.91 Å². The number of piperazine rings is 1. The van der Waals surface area contributed by atoms with Crippen molar-refractivity contribution in [3.8, 4) is 5.75 Å². The fourth-order valence-electron chi connectivity index (χ4n) is 3.71. The van der Waals surface area contributed by atoms with Gasteiger partial charge in [0.05, 0.1) is 12.2 Å². The minimum absolute atomic E-state index is 0.100. The van der Waals surface area contributed by atoms with E-state index in [9.17, 15) is 4.79 Å². The van der Waals surface area contributed by atoms with Crippen molar-refractivity contribution in [2.75, 3.05) is 33.3 Å². The number of rotatable bonds is 8. The SMILES string of the molecule is CC1CN(Cc2ccccc2OCCCNC(=O)c2cccnc2)CC(C)N1C. The van der Waals surface area contributed by atoms with E-state index in [4.69, 9.17) is 4.74 Å². The van der Waals surface area contributed by atoms with Crippen LogP contribution in [0.15, 0.2) is 48.8 Å². The Balaban J connectivity index is 1.45. The van der Waals surface area contributed by atoms with Crippen molar-refractivity contribution in [1.82, 2.24) is 20.1 Å². The molecule has 0 radical (unpaired) electrons. The highest BCUT2D eigenvalue weighted by Gasteiger charge is 2.26. The zero-order valence-corrected chi connectivity index (χ0v) is 17.7. The summed E-state index contributed by atoms with van der Waals surface area (Å²) in [7, 11) is 2.21. The second-order valence-corrected chi connectivity index (χ2v) is 7.86. The van der Waals surface area contributed by atoms with Crippen LogP contribution in [0.2, 0.25) is 0 Å². The minimum Gasteiger partial charge on any atom is -0.493 e. The average molecular weight is 397 g/mol. The molecule has 2 heterocycles. The van der Waals surface area contributed by atoms with Gasteiger partial charge in [-0.05, 0) is 45.5 Å². The number of carbonyl (C=O) groups is 1. The molecule has 1 N–H and O–H groups in total. The molecule has 6 heteroatoms. The topological polar surface area (TPSA) is 57.7 Å². The van der Waals surface area contributed by atoms with Crippen LogP contribution in [-0.4, -0.2) is 66.1 Å². The summed E-state index contributed by atoms with van der Waals surface area (Å²) in [6, 6.07) is 12.9. The standard InChI is InChI=1S/C23H32N4O2/c1-18-15-27(16-19(2)26(18)3)17-21-8-4-5-10-22(21)29-13-7-12-25-23(28)20-9-6-11-24-14-20/h4-6,8-11,14,18-19H,7,12-13,15-17H2,1-3H3,(H,25,28). The lowest BCUT2D eigenvalue weighted by molar-refractivity contribution is 0.0550. The third-order valence-electron chi connectivity index (χ3n) is 5.59. The van der Waals surface area contributed by atoms with Crippen LogP contribution in [0, 0.1) is 0 Å². The number of hydrogen-bond donors (Lipinski definition) is 1. The molecule has 2 atom stereocenters. The Labute approximate surface area is 173 Å². The number of amides is 1. The van der Waals surface area contributed by atoms with Gasteiger partial charge in [0.1, 0.15) is 5.75 Å². The molecular formula is C23H32N4O2. The number of likely N-dealkylation sites (N-methyl/N-ethyl adjacent to an activating group) is 1. The maximum atomic E-state index is 12.0. The van der Waals surface area contributed by atoms with E-state index in [1.165, 1.54) is 5.56 Å². The molecule has 1 saturated heterocycles. The molecule has 1 fully saturated rings. The van der Waals surface area contributed by atoms with Crippen molar-refractivity contribution in [1.29, 1.82) is 0 Å². The molecule has 1 aromatic heterocycles. The van der Waals surface area contributed by atoms with Crippen LogP contribution in [0.4, 0.5) is 0 Å². The summed E-state index contributed by atoms with van der Waals surface area (Å²) in [5, 5.41) is 2.91. The Morgan fingerprint density at radius 1 is 1.17 bits per heavy atom. The van der Waals surface area contributed by atoms with E-state index in [1.54, 1.807) is 24.5 Å². The summed E-state index contributed by atoms with van der Waals surface area (Å²) in [6.45, 7) is 8.74. The lowest BCUT2D eigenvalue weighted by Gasteiger charge is -2.42. The number of nitrogens with zero attached hydrogens (tertiary/aromatic N) is 3. The summed E-state index contributed by atoms with van der Waals surface area (Å²) in [6.07, 6.45) is 3.98. The molecule has 3 rings (SSSR count). The van der Waals surface area contributed by atoms with E-state index in [0.29, 0.717) is 30.8 Å². The summed E-state index contributed by atoms with van der Waals surface area (Å²) in [5.74, 6) is 0.835. The van der Waals surface area contributed by atoms with Gasteiger partial charge in [-0.15, -0.1) is 0 Å².